The minimum Gasteiger partial charge on any atom is -0.444 e. The van der Waals surface area contributed by atoms with Crippen molar-refractivity contribution in [3.63, 3.8) is 0 Å². The SMILES string of the molecule is CC(C)N1CC(CN)OC1=O.CCN1CC(CCN)OC1=O.CCN1CC(CN)OC1=O.NCC1CN(c2ccc([N+](=O)[O-])cc2)C(=O)O1. The van der Waals surface area contributed by atoms with Gasteiger partial charge in [-0.3, -0.25) is 15.0 Å². The number of likely N-dealkylation sites (N-methyl/N-ethyl adjacent to an activating group) is 2. The minimum absolute atomic E-state index is 0.0170. The lowest BCUT2D eigenvalue weighted by Gasteiger charge is -2.16. The van der Waals surface area contributed by atoms with Gasteiger partial charge in [-0.15, -0.1) is 0 Å². The summed E-state index contributed by atoms with van der Waals surface area (Å²) < 4.78 is 19.8. The number of non-ortho nitro benzene ring substituents is 1. The predicted molar refractivity (Wildman–Crippen MR) is 179 cm³/mol. The van der Waals surface area contributed by atoms with Crippen molar-refractivity contribution in [2.24, 2.45) is 22.9 Å². The van der Waals surface area contributed by atoms with Crippen LogP contribution in [0.3, 0.4) is 0 Å². The van der Waals surface area contributed by atoms with E-state index in [2.05, 4.69) is 0 Å². The molecule has 4 saturated heterocycles. The number of nitro groups is 1. The van der Waals surface area contributed by atoms with Gasteiger partial charge in [0.15, 0.2) is 0 Å². The maximum Gasteiger partial charge on any atom is 0.414 e. The Bertz CT molecular complexity index is 1240. The third-order valence-electron chi connectivity index (χ3n) is 7.71. The molecule has 19 nitrogen and oxygen atoms in total. The van der Waals surface area contributed by atoms with E-state index in [4.69, 9.17) is 41.9 Å². The van der Waals surface area contributed by atoms with E-state index in [0.717, 1.165) is 13.0 Å². The zero-order chi connectivity index (χ0) is 36.7. The number of anilines is 1. The van der Waals surface area contributed by atoms with E-state index in [9.17, 15) is 29.3 Å². The lowest BCUT2D eigenvalue weighted by Crippen LogP contribution is -2.33. The second-order valence-electron chi connectivity index (χ2n) is 11.5. The van der Waals surface area contributed by atoms with E-state index in [1.165, 1.54) is 29.2 Å². The Labute approximate surface area is 285 Å². The number of hydrogen-bond acceptors (Lipinski definition) is 14. The molecule has 4 fully saturated rings. The normalized spacial score (nSPS) is 22.7. The summed E-state index contributed by atoms with van der Waals surface area (Å²) >= 11 is 0. The standard InChI is InChI=1S/C10H11N3O4.2C7H14N2O2.C6H12N2O2/c11-5-9-6-12(10(14)17-9)7-1-3-8(4-2-7)13(15)16;1-5(2)9-4-6(3-8)11-7(9)10;1-2-9-5-6(3-4-8)11-7(9)10;1-2-8-4-5(3-7)10-6(8)9/h1-4,9H,5-6,11H2;5-6H,3-4,8H2,1-2H3;6H,2-5,8H2,1H3;5H,2-4,7H2,1H3. The Morgan fingerprint density at radius 2 is 1.16 bits per heavy atom. The minimum atomic E-state index is -0.491. The molecular formula is C30H51N9O10. The zero-order valence-electron chi connectivity index (χ0n) is 28.6. The van der Waals surface area contributed by atoms with Crippen LogP contribution in [0.15, 0.2) is 24.3 Å². The molecule has 5 rings (SSSR count). The number of hydrogen-bond donors (Lipinski definition) is 4. The quantitative estimate of drug-likeness (QED) is 0.151. The lowest BCUT2D eigenvalue weighted by molar-refractivity contribution is -0.384. The molecule has 276 valence electrons. The largest absolute Gasteiger partial charge is 0.444 e. The Morgan fingerprint density at radius 1 is 0.714 bits per heavy atom. The molecule has 0 aromatic heterocycles. The molecule has 0 radical (unpaired) electrons. The molecule has 4 amide bonds. The number of carbonyl (C=O) groups excluding carboxylic acids is 4. The fourth-order valence-electron chi connectivity index (χ4n) is 4.82. The van der Waals surface area contributed by atoms with Crippen molar-refractivity contribution in [3.8, 4) is 0 Å². The second kappa shape index (κ2) is 20.1. The molecule has 8 N–H and O–H groups in total. The van der Waals surface area contributed by atoms with Gasteiger partial charge in [0.2, 0.25) is 0 Å². The van der Waals surface area contributed by atoms with Crippen molar-refractivity contribution in [2.75, 3.05) is 70.3 Å². The van der Waals surface area contributed by atoms with Crippen LogP contribution in [0.4, 0.5) is 30.6 Å². The van der Waals surface area contributed by atoms with Crippen LogP contribution in [0.25, 0.3) is 0 Å². The number of nitrogens with zero attached hydrogens (tertiary/aromatic N) is 5. The van der Waals surface area contributed by atoms with Crippen molar-refractivity contribution >= 4 is 35.7 Å². The maximum absolute atomic E-state index is 11.5. The summed E-state index contributed by atoms with van der Waals surface area (Å²) in [5.41, 5.74) is 22.0. The van der Waals surface area contributed by atoms with Crippen molar-refractivity contribution in [1.29, 1.82) is 0 Å². The van der Waals surface area contributed by atoms with Crippen LogP contribution in [0.1, 0.15) is 34.1 Å². The number of ether oxygens (including phenoxy) is 4. The van der Waals surface area contributed by atoms with Gasteiger partial charge in [-0.1, -0.05) is 0 Å². The predicted octanol–water partition coefficient (Wildman–Crippen LogP) is 1.01. The van der Waals surface area contributed by atoms with Crippen molar-refractivity contribution < 1.29 is 43.0 Å². The average Bonchev–Trinajstić information content (AvgIpc) is 3.86. The van der Waals surface area contributed by atoms with Crippen LogP contribution in [0.2, 0.25) is 0 Å². The number of benzene rings is 1. The first-order valence-corrected chi connectivity index (χ1v) is 16.2. The number of nitrogens with two attached hydrogens (primary N) is 4. The third kappa shape index (κ3) is 12.2. The fourth-order valence-corrected chi connectivity index (χ4v) is 4.82. The summed E-state index contributed by atoms with van der Waals surface area (Å²) in [4.78, 5) is 60.7. The molecule has 4 atom stereocenters. The highest BCUT2D eigenvalue weighted by Gasteiger charge is 2.33. The highest BCUT2D eigenvalue weighted by molar-refractivity contribution is 5.89. The van der Waals surface area contributed by atoms with Gasteiger partial charge >= 0.3 is 24.4 Å². The number of amides is 4. The maximum atomic E-state index is 11.5. The summed E-state index contributed by atoms with van der Waals surface area (Å²) in [6, 6.07) is 5.92. The van der Waals surface area contributed by atoms with E-state index in [0.29, 0.717) is 58.0 Å². The van der Waals surface area contributed by atoms with Crippen LogP contribution in [0, 0.1) is 10.1 Å². The van der Waals surface area contributed by atoms with Crippen LogP contribution in [-0.2, 0) is 18.9 Å². The first-order chi connectivity index (χ1) is 23.3. The molecule has 19 heteroatoms. The highest BCUT2D eigenvalue weighted by Crippen LogP contribution is 2.24. The van der Waals surface area contributed by atoms with Gasteiger partial charge in [0, 0.05) is 56.6 Å². The molecule has 4 unspecified atom stereocenters. The van der Waals surface area contributed by atoms with Crippen LogP contribution in [0.5, 0.6) is 0 Å². The Hall–Kier alpha value is -4.46. The lowest BCUT2D eigenvalue weighted by atomic mass is 10.2. The molecule has 49 heavy (non-hydrogen) atoms. The molecular weight excluding hydrogens is 646 g/mol. The van der Waals surface area contributed by atoms with Crippen LogP contribution < -0.4 is 27.8 Å². The first-order valence-electron chi connectivity index (χ1n) is 16.2. The van der Waals surface area contributed by atoms with Crippen LogP contribution >= 0.6 is 0 Å². The Kier molecular flexibility index (Phi) is 16.7. The molecule has 4 aliphatic heterocycles. The summed E-state index contributed by atoms with van der Waals surface area (Å²) in [6.45, 7) is 13.2. The van der Waals surface area contributed by atoms with Crippen molar-refractivity contribution in [1.82, 2.24) is 14.7 Å². The third-order valence-corrected chi connectivity index (χ3v) is 7.71. The monoisotopic (exact) mass is 697 g/mol. The van der Waals surface area contributed by atoms with Crippen molar-refractivity contribution in [3.05, 3.63) is 34.4 Å². The van der Waals surface area contributed by atoms with Gasteiger partial charge < -0.3 is 56.6 Å². The van der Waals surface area contributed by atoms with E-state index >= 15 is 0 Å². The number of nitro benzene ring substituents is 1. The van der Waals surface area contributed by atoms with E-state index in [-0.39, 0.29) is 61.0 Å². The molecule has 0 bridgehead atoms. The number of carbonyl (C=O) groups is 4. The molecule has 4 heterocycles. The Morgan fingerprint density at radius 3 is 1.53 bits per heavy atom. The summed E-state index contributed by atoms with van der Waals surface area (Å²) in [7, 11) is 0. The zero-order valence-corrected chi connectivity index (χ0v) is 28.6. The van der Waals surface area contributed by atoms with Gasteiger partial charge in [-0.2, -0.15) is 0 Å². The van der Waals surface area contributed by atoms with Gasteiger partial charge in [-0.25, -0.2) is 19.2 Å². The van der Waals surface area contributed by atoms with Gasteiger partial charge in [0.1, 0.15) is 24.4 Å². The summed E-state index contributed by atoms with van der Waals surface area (Å²) in [6.07, 6.45) is -0.890. The van der Waals surface area contributed by atoms with Gasteiger partial charge in [-0.05, 0) is 52.8 Å². The van der Waals surface area contributed by atoms with Gasteiger partial charge in [0.05, 0.1) is 31.1 Å². The molecule has 1 aromatic carbocycles. The van der Waals surface area contributed by atoms with E-state index < -0.39 is 11.0 Å². The average molecular weight is 698 g/mol. The highest BCUT2D eigenvalue weighted by atomic mass is 16.6. The summed E-state index contributed by atoms with van der Waals surface area (Å²) in [5.74, 6) is 0. The smallest absolute Gasteiger partial charge is 0.414 e. The van der Waals surface area contributed by atoms with Crippen LogP contribution in [-0.4, -0.2) is 140 Å². The van der Waals surface area contributed by atoms with Crippen molar-refractivity contribution in [2.45, 2.75) is 64.6 Å². The fraction of sp³-hybridized carbons (Fsp3) is 0.667. The first kappa shape index (κ1) is 40.7. The molecule has 0 spiro atoms. The molecule has 0 saturated carbocycles. The second-order valence-corrected chi connectivity index (χ2v) is 11.5. The number of rotatable bonds is 10. The van der Waals surface area contributed by atoms with E-state index in [1.807, 2.05) is 27.7 Å². The topological polar surface area (TPSA) is 265 Å². The summed E-state index contributed by atoms with van der Waals surface area (Å²) in [5, 5.41) is 10.5. The molecule has 0 aliphatic carbocycles. The van der Waals surface area contributed by atoms with E-state index in [1.54, 1.807) is 14.7 Å². The number of cyclic esters (lactones) is 4. The van der Waals surface area contributed by atoms with Gasteiger partial charge in [0.25, 0.3) is 5.69 Å². The Balaban J connectivity index is 0.000000233. The molecule has 1 aromatic rings. The molecule has 4 aliphatic rings.